The second-order valence-corrected chi connectivity index (χ2v) is 9.83. The summed E-state index contributed by atoms with van der Waals surface area (Å²) in [6, 6.07) is 29.6. The molecule has 7 heteroatoms. The highest BCUT2D eigenvalue weighted by Crippen LogP contribution is 2.24. The number of amides is 1. The number of carbonyl (C=O) groups excluding carboxylic acids is 1. The Morgan fingerprint density at radius 2 is 1.63 bits per heavy atom. The predicted octanol–water partition coefficient (Wildman–Crippen LogP) is 6.14. The smallest absolute Gasteiger partial charge is 0.268 e. The lowest BCUT2D eigenvalue weighted by atomic mass is 9.98. The minimum atomic E-state index is -0.164. The first kappa shape index (κ1) is 25.1. The van der Waals surface area contributed by atoms with E-state index in [9.17, 15) is 4.79 Å². The maximum absolute atomic E-state index is 13.5. The molecule has 5 aromatic rings. The fourth-order valence-electron chi connectivity index (χ4n) is 4.52. The fraction of sp³-hybridized carbons (Fsp3) is 0.226. The van der Waals surface area contributed by atoms with Gasteiger partial charge in [-0.25, -0.2) is 4.68 Å². The van der Waals surface area contributed by atoms with Crippen LogP contribution in [0.1, 0.15) is 53.0 Å². The lowest BCUT2D eigenvalue weighted by Crippen LogP contribution is -2.30. The number of aromatic nitrogens is 4. The molecular weight excluding hydrogens is 474 g/mol. The minimum Gasteiger partial charge on any atom is -0.420 e. The molecule has 0 aliphatic rings. The van der Waals surface area contributed by atoms with Gasteiger partial charge in [-0.05, 0) is 54.2 Å². The molecule has 192 valence electrons. The van der Waals surface area contributed by atoms with E-state index in [2.05, 4.69) is 41.5 Å². The molecule has 0 unspecified atom stereocenters. The number of hydrogen-bond donors (Lipinski definition) is 1. The number of nitrogens with zero attached hydrogens (tertiary/aromatic N) is 4. The third-order valence-corrected chi connectivity index (χ3v) is 6.29. The molecule has 5 rings (SSSR count). The van der Waals surface area contributed by atoms with Crippen LogP contribution in [0.5, 0.6) is 0 Å². The van der Waals surface area contributed by atoms with Crippen LogP contribution in [-0.4, -0.2) is 25.9 Å². The summed E-state index contributed by atoms with van der Waals surface area (Å²) in [4.78, 5) is 13.5. The average molecular weight is 506 g/mol. The summed E-state index contributed by atoms with van der Waals surface area (Å²) in [5.41, 5.74) is 5.21. The number of carbonyl (C=O) groups is 1. The molecule has 0 saturated carbocycles. The second-order valence-electron chi connectivity index (χ2n) is 9.83. The van der Waals surface area contributed by atoms with E-state index in [4.69, 9.17) is 9.52 Å². The van der Waals surface area contributed by atoms with Crippen molar-refractivity contribution in [2.75, 3.05) is 0 Å². The summed E-state index contributed by atoms with van der Waals surface area (Å²) in [5, 5.41) is 16.1. The normalized spacial score (nSPS) is 12.0. The third kappa shape index (κ3) is 5.89. The first-order valence-corrected chi connectivity index (χ1v) is 12.9. The Bertz CT molecular complexity index is 1510. The SMILES string of the molecule is Cc1nnc(-c2cc(CC(C)C)n(-c3cccc(C(=O)N[C@@H](Cc4ccccc4)c4ccccc4)c3)n2)o1. The molecule has 1 N–H and O–H groups in total. The zero-order chi connectivity index (χ0) is 26.5. The number of benzene rings is 3. The Morgan fingerprint density at radius 3 is 2.32 bits per heavy atom. The van der Waals surface area contributed by atoms with Crippen molar-refractivity contribution < 1.29 is 9.21 Å². The molecule has 3 aromatic carbocycles. The average Bonchev–Trinajstić information content (AvgIpc) is 3.55. The summed E-state index contributed by atoms with van der Waals surface area (Å²) in [6.45, 7) is 6.08. The Balaban J connectivity index is 1.44. The molecule has 0 aliphatic heterocycles. The fourth-order valence-corrected chi connectivity index (χ4v) is 4.52. The van der Waals surface area contributed by atoms with Crippen LogP contribution in [0.25, 0.3) is 17.3 Å². The lowest BCUT2D eigenvalue weighted by Gasteiger charge is -2.20. The Hall–Kier alpha value is -4.52. The van der Waals surface area contributed by atoms with Gasteiger partial charge < -0.3 is 9.73 Å². The van der Waals surface area contributed by atoms with Gasteiger partial charge in [0.1, 0.15) is 5.69 Å². The molecule has 2 heterocycles. The van der Waals surface area contributed by atoms with Crippen LogP contribution in [0.4, 0.5) is 0 Å². The molecule has 38 heavy (non-hydrogen) atoms. The number of aryl methyl sites for hydroxylation is 1. The van der Waals surface area contributed by atoms with Crippen LogP contribution < -0.4 is 5.32 Å². The molecule has 0 spiro atoms. The van der Waals surface area contributed by atoms with Gasteiger partial charge in [0.05, 0.1) is 11.7 Å². The van der Waals surface area contributed by atoms with Crippen molar-refractivity contribution in [2.45, 2.75) is 39.7 Å². The molecular formula is C31H31N5O2. The van der Waals surface area contributed by atoms with Gasteiger partial charge in [-0.15, -0.1) is 10.2 Å². The van der Waals surface area contributed by atoms with Gasteiger partial charge in [0.2, 0.25) is 5.89 Å². The summed E-state index contributed by atoms with van der Waals surface area (Å²) in [7, 11) is 0. The van der Waals surface area contributed by atoms with Gasteiger partial charge in [0.15, 0.2) is 0 Å². The molecule has 7 nitrogen and oxygen atoms in total. The predicted molar refractivity (Wildman–Crippen MR) is 147 cm³/mol. The molecule has 2 aromatic heterocycles. The van der Waals surface area contributed by atoms with E-state index in [1.807, 2.05) is 83.5 Å². The van der Waals surface area contributed by atoms with Gasteiger partial charge in [-0.1, -0.05) is 80.6 Å². The van der Waals surface area contributed by atoms with E-state index in [1.165, 1.54) is 0 Å². The van der Waals surface area contributed by atoms with E-state index >= 15 is 0 Å². The molecule has 0 radical (unpaired) electrons. The third-order valence-electron chi connectivity index (χ3n) is 6.29. The zero-order valence-corrected chi connectivity index (χ0v) is 21.8. The van der Waals surface area contributed by atoms with Gasteiger partial charge in [-0.2, -0.15) is 5.10 Å². The standard InChI is InChI=1S/C31H31N5O2/c1-21(2)17-27-20-29(31-34-33-22(3)38-31)35-36(27)26-16-10-15-25(19-26)30(37)32-28(24-13-8-5-9-14-24)18-23-11-6-4-7-12-23/h4-16,19-21,28H,17-18H2,1-3H3,(H,32,37)/t28-/m0/s1. The quantitative estimate of drug-likeness (QED) is 0.260. The first-order chi connectivity index (χ1) is 18.5. The molecule has 1 atom stereocenters. The summed E-state index contributed by atoms with van der Waals surface area (Å²) in [5.74, 6) is 1.15. The van der Waals surface area contributed by atoms with Gasteiger partial charge in [0.25, 0.3) is 11.8 Å². The number of rotatable bonds is 9. The van der Waals surface area contributed by atoms with Crippen LogP contribution >= 0.6 is 0 Å². The molecule has 1 amide bonds. The second kappa shape index (κ2) is 11.3. The Labute approximate surface area is 222 Å². The zero-order valence-electron chi connectivity index (χ0n) is 21.8. The molecule has 0 fully saturated rings. The van der Waals surface area contributed by atoms with Crippen molar-refractivity contribution in [3.8, 4) is 17.3 Å². The highest BCUT2D eigenvalue weighted by molar-refractivity contribution is 5.95. The Morgan fingerprint density at radius 1 is 0.895 bits per heavy atom. The maximum atomic E-state index is 13.5. The Kier molecular flexibility index (Phi) is 7.45. The van der Waals surface area contributed by atoms with Crippen molar-refractivity contribution in [1.82, 2.24) is 25.3 Å². The van der Waals surface area contributed by atoms with Gasteiger partial charge in [0, 0.05) is 18.2 Å². The van der Waals surface area contributed by atoms with E-state index < -0.39 is 0 Å². The van der Waals surface area contributed by atoms with E-state index in [0.29, 0.717) is 35.4 Å². The van der Waals surface area contributed by atoms with Crippen LogP contribution in [-0.2, 0) is 12.8 Å². The minimum absolute atomic E-state index is 0.137. The lowest BCUT2D eigenvalue weighted by molar-refractivity contribution is 0.0936. The van der Waals surface area contributed by atoms with Crippen LogP contribution in [0.3, 0.4) is 0 Å². The number of nitrogens with one attached hydrogen (secondary N) is 1. The monoisotopic (exact) mass is 505 g/mol. The van der Waals surface area contributed by atoms with Crippen molar-refractivity contribution in [1.29, 1.82) is 0 Å². The first-order valence-electron chi connectivity index (χ1n) is 12.9. The maximum Gasteiger partial charge on any atom is 0.268 e. The van der Waals surface area contributed by atoms with Crippen molar-refractivity contribution in [3.05, 3.63) is 119 Å². The molecule has 0 saturated heterocycles. The molecule has 0 aliphatic carbocycles. The topological polar surface area (TPSA) is 85.8 Å². The largest absolute Gasteiger partial charge is 0.420 e. The van der Waals surface area contributed by atoms with Gasteiger partial charge >= 0.3 is 0 Å². The highest BCUT2D eigenvalue weighted by atomic mass is 16.4. The molecule has 0 bridgehead atoms. The van der Waals surface area contributed by atoms with E-state index in [1.54, 1.807) is 6.92 Å². The van der Waals surface area contributed by atoms with Crippen LogP contribution in [0.15, 0.2) is 95.4 Å². The van der Waals surface area contributed by atoms with Gasteiger partial charge in [-0.3, -0.25) is 4.79 Å². The summed E-state index contributed by atoms with van der Waals surface area (Å²) >= 11 is 0. The van der Waals surface area contributed by atoms with Crippen molar-refractivity contribution in [3.63, 3.8) is 0 Å². The van der Waals surface area contributed by atoms with E-state index in [0.717, 1.165) is 28.9 Å². The summed E-state index contributed by atoms with van der Waals surface area (Å²) < 4.78 is 7.48. The van der Waals surface area contributed by atoms with Crippen molar-refractivity contribution in [2.24, 2.45) is 5.92 Å². The van der Waals surface area contributed by atoms with Crippen LogP contribution in [0, 0.1) is 12.8 Å². The highest BCUT2D eigenvalue weighted by Gasteiger charge is 2.19. The van der Waals surface area contributed by atoms with E-state index in [-0.39, 0.29) is 11.9 Å². The van der Waals surface area contributed by atoms with Crippen LogP contribution in [0.2, 0.25) is 0 Å². The number of hydrogen-bond acceptors (Lipinski definition) is 5. The summed E-state index contributed by atoms with van der Waals surface area (Å²) in [6.07, 6.45) is 1.50. The van der Waals surface area contributed by atoms with Crippen molar-refractivity contribution >= 4 is 5.91 Å².